The Balaban J connectivity index is 2.28. The molecule has 5 nitrogen and oxygen atoms in total. The summed E-state index contributed by atoms with van der Waals surface area (Å²) in [5.41, 5.74) is 0.889. The molecule has 1 fully saturated rings. The highest BCUT2D eigenvalue weighted by Gasteiger charge is 2.29. The molecule has 2 rings (SSSR count). The van der Waals surface area contributed by atoms with Crippen molar-refractivity contribution < 1.29 is 14.3 Å². The number of aliphatic imine (C=N–C) groups is 1. The van der Waals surface area contributed by atoms with Crippen LogP contribution in [0.5, 0.6) is 11.5 Å². The largest absolute Gasteiger partial charge is 0.493 e. The standard InChI is InChI=1S/C17H22N2O3S/c1-6-11(2)22-13-8-7-12(9-14(13)21-5)10-15-16(20)19(4)17(18-3)23-15/h7-11H,6H2,1-5H3/b15-10+,18-17?/t11-/m1/s1. The van der Waals surface area contributed by atoms with Crippen LogP contribution >= 0.6 is 11.8 Å². The van der Waals surface area contributed by atoms with E-state index in [0.717, 1.165) is 12.0 Å². The number of amidine groups is 1. The number of hydrogen-bond donors (Lipinski definition) is 0. The van der Waals surface area contributed by atoms with Crippen molar-refractivity contribution in [1.29, 1.82) is 0 Å². The molecule has 6 heteroatoms. The SMILES string of the molecule is CC[C@@H](C)Oc1ccc(/C=C2/SC(=NC)N(C)C2=O)cc1OC. The van der Waals surface area contributed by atoms with Gasteiger partial charge in [0.25, 0.3) is 5.91 Å². The van der Waals surface area contributed by atoms with Gasteiger partial charge in [0.05, 0.1) is 18.1 Å². The first kappa shape index (κ1) is 17.4. The third-order valence-corrected chi connectivity index (χ3v) is 4.73. The number of ether oxygens (including phenoxy) is 2. The predicted octanol–water partition coefficient (Wildman–Crippen LogP) is 3.40. The van der Waals surface area contributed by atoms with E-state index in [1.54, 1.807) is 26.1 Å². The van der Waals surface area contributed by atoms with Gasteiger partial charge in [0.15, 0.2) is 16.7 Å². The van der Waals surface area contributed by atoms with E-state index >= 15 is 0 Å². The molecule has 124 valence electrons. The normalized spacial score (nSPS) is 19.5. The van der Waals surface area contributed by atoms with Gasteiger partial charge >= 0.3 is 0 Å². The van der Waals surface area contributed by atoms with Crippen molar-refractivity contribution in [3.05, 3.63) is 28.7 Å². The Bertz CT molecular complexity index is 655. The predicted molar refractivity (Wildman–Crippen MR) is 95.1 cm³/mol. The Morgan fingerprint density at radius 2 is 2.13 bits per heavy atom. The van der Waals surface area contributed by atoms with Gasteiger partial charge < -0.3 is 9.47 Å². The smallest absolute Gasteiger partial charge is 0.266 e. The van der Waals surface area contributed by atoms with Gasteiger partial charge in [-0.05, 0) is 48.9 Å². The number of thioether (sulfide) groups is 1. The van der Waals surface area contributed by atoms with Gasteiger partial charge in [-0.15, -0.1) is 0 Å². The van der Waals surface area contributed by atoms with Gasteiger partial charge in [0, 0.05) is 14.1 Å². The summed E-state index contributed by atoms with van der Waals surface area (Å²) in [6, 6.07) is 5.67. The van der Waals surface area contributed by atoms with E-state index in [-0.39, 0.29) is 12.0 Å². The van der Waals surface area contributed by atoms with Crippen LogP contribution < -0.4 is 9.47 Å². The third kappa shape index (κ3) is 3.88. The quantitative estimate of drug-likeness (QED) is 0.775. The molecular formula is C17H22N2O3S. The molecule has 0 bridgehead atoms. The Labute approximate surface area is 141 Å². The van der Waals surface area contributed by atoms with Gasteiger partial charge in [0.2, 0.25) is 0 Å². The van der Waals surface area contributed by atoms with Gasteiger partial charge in [0.1, 0.15) is 0 Å². The van der Waals surface area contributed by atoms with Crippen LogP contribution in [0.4, 0.5) is 0 Å². The summed E-state index contributed by atoms with van der Waals surface area (Å²) in [4.78, 5) is 18.5. The van der Waals surface area contributed by atoms with Crippen molar-refractivity contribution >= 4 is 28.9 Å². The topological polar surface area (TPSA) is 51.1 Å². The zero-order valence-electron chi connectivity index (χ0n) is 14.1. The molecule has 0 aliphatic carbocycles. The van der Waals surface area contributed by atoms with Crippen LogP contribution in [0.25, 0.3) is 6.08 Å². The van der Waals surface area contributed by atoms with Crippen molar-refractivity contribution in [3.63, 3.8) is 0 Å². The van der Waals surface area contributed by atoms with Crippen LogP contribution in [0.2, 0.25) is 0 Å². The van der Waals surface area contributed by atoms with Crippen LogP contribution in [0.15, 0.2) is 28.1 Å². The van der Waals surface area contributed by atoms with E-state index < -0.39 is 0 Å². The summed E-state index contributed by atoms with van der Waals surface area (Å²) in [5, 5.41) is 0.699. The molecule has 0 N–H and O–H groups in total. The maximum Gasteiger partial charge on any atom is 0.266 e. The van der Waals surface area contributed by atoms with E-state index in [1.807, 2.05) is 31.2 Å². The van der Waals surface area contributed by atoms with Gasteiger partial charge in [-0.1, -0.05) is 13.0 Å². The zero-order valence-corrected chi connectivity index (χ0v) is 14.9. The highest BCUT2D eigenvalue weighted by molar-refractivity contribution is 8.18. The Morgan fingerprint density at radius 3 is 2.70 bits per heavy atom. The fourth-order valence-corrected chi connectivity index (χ4v) is 3.00. The summed E-state index contributed by atoms with van der Waals surface area (Å²) >= 11 is 1.37. The fourth-order valence-electron chi connectivity index (χ4n) is 2.07. The summed E-state index contributed by atoms with van der Waals surface area (Å²) in [6.45, 7) is 4.09. The van der Waals surface area contributed by atoms with E-state index in [4.69, 9.17) is 9.47 Å². The van der Waals surface area contributed by atoms with Crippen LogP contribution in [0, 0.1) is 0 Å². The highest BCUT2D eigenvalue weighted by Crippen LogP contribution is 2.34. The number of carbonyl (C=O) groups is 1. The molecular weight excluding hydrogens is 312 g/mol. The second-order valence-corrected chi connectivity index (χ2v) is 6.24. The minimum absolute atomic E-state index is 0.0468. The zero-order chi connectivity index (χ0) is 17.0. The van der Waals surface area contributed by atoms with Gasteiger partial charge in [-0.3, -0.25) is 14.7 Å². The molecule has 1 aromatic carbocycles. The molecule has 0 radical (unpaired) electrons. The van der Waals surface area contributed by atoms with Crippen LogP contribution in [-0.4, -0.2) is 43.3 Å². The molecule has 0 spiro atoms. The molecule has 23 heavy (non-hydrogen) atoms. The number of benzene rings is 1. The molecule has 1 heterocycles. The van der Waals surface area contributed by atoms with Crippen LogP contribution in [-0.2, 0) is 4.79 Å². The second kappa shape index (κ2) is 7.55. The maximum absolute atomic E-state index is 12.2. The lowest BCUT2D eigenvalue weighted by atomic mass is 10.1. The molecule has 1 aliphatic heterocycles. The lowest BCUT2D eigenvalue weighted by Gasteiger charge is -2.15. The van der Waals surface area contributed by atoms with Gasteiger partial charge in [-0.2, -0.15) is 0 Å². The fraction of sp³-hybridized carbons (Fsp3) is 0.412. The summed E-state index contributed by atoms with van der Waals surface area (Å²) < 4.78 is 11.2. The van der Waals surface area contributed by atoms with Crippen LogP contribution in [0.3, 0.4) is 0 Å². The first-order chi connectivity index (χ1) is 11.0. The molecule has 1 aliphatic rings. The van der Waals surface area contributed by atoms with E-state index in [2.05, 4.69) is 11.9 Å². The molecule has 1 aromatic rings. The summed E-state index contributed by atoms with van der Waals surface area (Å²) in [5.74, 6) is 1.32. The van der Waals surface area contributed by atoms with Crippen molar-refractivity contribution in [2.24, 2.45) is 4.99 Å². The Morgan fingerprint density at radius 1 is 1.39 bits per heavy atom. The first-order valence-electron chi connectivity index (χ1n) is 7.49. The Hall–Kier alpha value is -1.95. The number of rotatable bonds is 5. The summed E-state index contributed by atoms with van der Waals surface area (Å²) in [6.07, 6.45) is 2.89. The number of carbonyl (C=O) groups excluding carboxylic acids is 1. The number of hydrogen-bond acceptors (Lipinski definition) is 5. The van der Waals surface area contributed by atoms with E-state index in [9.17, 15) is 4.79 Å². The average molecular weight is 334 g/mol. The van der Waals surface area contributed by atoms with Crippen molar-refractivity contribution in [2.75, 3.05) is 21.2 Å². The number of likely N-dealkylation sites (N-methyl/N-ethyl adjacent to an activating group) is 1. The molecule has 1 atom stereocenters. The van der Waals surface area contributed by atoms with Crippen molar-refractivity contribution in [2.45, 2.75) is 26.4 Å². The lowest BCUT2D eigenvalue weighted by molar-refractivity contribution is -0.121. The van der Waals surface area contributed by atoms with Crippen molar-refractivity contribution in [3.8, 4) is 11.5 Å². The molecule has 0 aromatic heterocycles. The number of nitrogens with zero attached hydrogens (tertiary/aromatic N) is 2. The van der Waals surface area contributed by atoms with E-state index in [1.165, 1.54) is 11.8 Å². The first-order valence-corrected chi connectivity index (χ1v) is 8.30. The number of methoxy groups -OCH3 is 1. The molecule has 0 unspecified atom stereocenters. The molecule has 0 saturated carbocycles. The van der Waals surface area contributed by atoms with Crippen molar-refractivity contribution in [1.82, 2.24) is 4.90 Å². The summed E-state index contributed by atoms with van der Waals surface area (Å²) in [7, 11) is 5.02. The minimum Gasteiger partial charge on any atom is -0.493 e. The monoisotopic (exact) mass is 334 g/mol. The second-order valence-electron chi connectivity index (χ2n) is 5.23. The molecule has 1 amide bonds. The highest BCUT2D eigenvalue weighted by atomic mass is 32.2. The lowest BCUT2D eigenvalue weighted by Crippen LogP contribution is -2.23. The molecule has 1 saturated heterocycles. The van der Waals surface area contributed by atoms with Crippen LogP contribution in [0.1, 0.15) is 25.8 Å². The minimum atomic E-state index is -0.0468. The van der Waals surface area contributed by atoms with E-state index in [0.29, 0.717) is 21.6 Å². The van der Waals surface area contributed by atoms with Gasteiger partial charge in [-0.25, -0.2) is 0 Å². The number of amides is 1. The third-order valence-electron chi connectivity index (χ3n) is 3.58. The maximum atomic E-state index is 12.2. The average Bonchev–Trinajstić information content (AvgIpc) is 2.83. The Kier molecular flexibility index (Phi) is 5.71.